The highest BCUT2D eigenvalue weighted by molar-refractivity contribution is 6.85. The predicted molar refractivity (Wildman–Crippen MR) is 116 cm³/mol. The zero-order valence-electron chi connectivity index (χ0n) is 20.0. The number of nitrogens with zero attached hydrogens (tertiary/aromatic N) is 1. The van der Waals surface area contributed by atoms with Gasteiger partial charge >= 0.3 is 0 Å². The lowest BCUT2D eigenvalue weighted by atomic mass is 9.37. The molecule has 0 N–H and O–H groups in total. The van der Waals surface area contributed by atoms with Crippen molar-refractivity contribution in [1.29, 1.82) is 0 Å². The minimum Gasteiger partial charge on any atom is -0.293 e. The van der Waals surface area contributed by atoms with E-state index in [1.165, 1.54) is 0 Å². The third-order valence-electron chi connectivity index (χ3n) is 7.10. The molecule has 36 heavy (non-hydrogen) atoms. The molecule has 1 aliphatic heterocycles. The van der Waals surface area contributed by atoms with E-state index in [9.17, 15) is 43.9 Å². The summed E-state index contributed by atoms with van der Waals surface area (Å²) < 4.78 is 142. The molecule has 198 valence electrons. The lowest BCUT2D eigenvalue weighted by molar-refractivity contribution is -0.0263. The van der Waals surface area contributed by atoms with Gasteiger partial charge in [0.15, 0.2) is 58.2 Å². The van der Waals surface area contributed by atoms with Gasteiger partial charge < -0.3 is 0 Å². The number of hydrogen-bond donors (Lipinski definition) is 0. The van der Waals surface area contributed by atoms with Crippen molar-refractivity contribution < 1.29 is 43.9 Å². The fourth-order valence-electron chi connectivity index (χ4n) is 5.39. The van der Waals surface area contributed by atoms with E-state index in [4.69, 9.17) is 0 Å². The van der Waals surface area contributed by atoms with Gasteiger partial charge in [-0.2, -0.15) is 0 Å². The van der Waals surface area contributed by atoms with Crippen molar-refractivity contribution in [2.75, 3.05) is 6.54 Å². The van der Waals surface area contributed by atoms with Gasteiger partial charge in [-0.15, -0.1) is 0 Å². The molecule has 0 atom stereocenters. The Labute approximate surface area is 202 Å². The van der Waals surface area contributed by atoms with Crippen molar-refractivity contribution in [3.8, 4) is 0 Å². The van der Waals surface area contributed by atoms with Gasteiger partial charge in [-0.05, 0) is 59.9 Å². The monoisotopic (exact) mass is 527 g/mol. The van der Waals surface area contributed by atoms with Crippen LogP contribution in [0.5, 0.6) is 0 Å². The molecule has 1 fully saturated rings. The van der Waals surface area contributed by atoms with Gasteiger partial charge in [0, 0.05) is 22.0 Å². The van der Waals surface area contributed by atoms with Gasteiger partial charge in [-0.1, -0.05) is 6.32 Å². The van der Waals surface area contributed by atoms with Crippen LogP contribution in [0.25, 0.3) is 0 Å². The largest absolute Gasteiger partial charge is 0.293 e. The summed E-state index contributed by atoms with van der Waals surface area (Å²) in [6.07, 6.45) is 1.70. The van der Waals surface area contributed by atoms with Gasteiger partial charge in [0.1, 0.15) is 0 Å². The first kappa shape index (κ1) is 28.3. The summed E-state index contributed by atoms with van der Waals surface area (Å²) in [7, 11) is 0. The molecule has 2 aromatic carbocycles. The highest BCUT2D eigenvalue weighted by atomic mass is 19.2. The molecule has 0 spiro atoms. The predicted octanol–water partition coefficient (Wildman–Crippen LogP) is 6.12. The molecular formula is C24H24BF10N. The zero-order chi connectivity index (χ0) is 27.3. The molecule has 1 aliphatic rings. The molecule has 1 saturated heterocycles. The van der Waals surface area contributed by atoms with Crippen LogP contribution in [0.1, 0.15) is 53.4 Å². The Morgan fingerprint density at radius 3 is 1.19 bits per heavy atom. The van der Waals surface area contributed by atoms with E-state index in [-0.39, 0.29) is 24.0 Å². The molecular weight excluding hydrogens is 503 g/mol. The molecule has 0 amide bonds. The molecule has 0 radical (unpaired) electrons. The third-order valence-corrected chi connectivity index (χ3v) is 7.10. The smallest absolute Gasteiger partial charge is 0.225 e. The second kappa shape index (κ2) is 9.91. The minimum atomic E-state index is -2.51. The second-order valence-corrected chi connectivity index (χ2v) is 10.3. The number of halogens is 10. The van der Waals surface area contributed by atoms with Crippen LogP contribution in [-0.4, -0.2) is 29.2 Å². The number of hydrogen-bond acceptors (Lipinski definition) is 1. The summed E-state index contributed by atoms with van der Waals surface area (Å²) >= 11 is 0. The fourth-order valence-corrected chi connectivity index (χ4v) is 5.39. The SMILES string of the molecule is CC1(C)CCCC(C)(C)N1CCCB(c1c(F)c(F)c(F)c(F)c1F)c1c(F)c(F)c(F)c(F)c1F. The van der Waals surface area contributed by atoms with Gasteiger partial charge in [-0.25, -0.2) is 43.9 Å². The number of benzene rings is 2. The molecule has 0 bridgehead atoms. The Hall–Kier alpha value is -2.24. The summed E-state index contributed by atoms with van der Waals surface area (Å²) in [4.78, 5) is 2.04. The Morgan fingerprint density at radius 1 is 0.556 bits per heavy atom. The van der Waals surface area contributed by atoms with Crippen LogP contribution in [0, 0.1) is 58.2 Å². The summed E-state index contributed by atoms with van der Waals surface area (Å²) in [6.45, 7) is 5.59. The van der Waals surface area contributed by atoms with Crippen molar-refractivity contribution in [3.63, 3.8) is 0 Å². The van der Waals surface area contributed by atoms with E-state index < -0.39 is 82.1 Å². The highest BCUT2D eigenvalue weighted by Crippen LogP contribution is 2.38. The summed E-state index contributed by atoms with van der Waals surface area (Å²) in [5.74, 6) is -24.2. The Kier molecular flexibility index (Phi) is 7.80. The fraction of sp³-hybridized carbons (Fsp3) is 0.500. The second-order valence-electron chi connectivity index (χ2n) is 10.3. The standard InChI is InChI=1S/C24H24BF10N/c1-23(2)7-5-8-24(3,4)36(23)10-6-9-25(11-13(26)17(30)21(34)18(31)14(11)27)12-15(28)19(32)22(35)20(33)16(12)29/h5-10H2,1-4H3. The normalized spacial score (nSPS) is 17.5. The Bertz CT molecular complexity index is 1040. The van der Waals surface area contributed by atoms with Crippen LogP contribution < -0.4 is 10.9 Å². The van der Waals surface area contributed by atoms with Gasteiger partial charge in [0.05, 0.1) is 0 Å². The van der Waals surface area contributed by atoms with Crippen molar-refractivity contribution in [2.45, 2.75) is 70.8 Å². The maximum absolute atomic E-state index is 14.7. The average Bonchev–Trinajstić information content (AvgIpc) is 2.80. The lowest BCUT2D eigenvalue weighted by Gasteiger charge is -2.53. The molecule has 0 unspecified atom stereocenters. The first-order valence-corrected chi connectivity index (χ1v) is 11.3. The number of likely N-dealkylation sites (tertiary alicyclic amines) is 1. The number of rotatable bonds is 6. The first-order valence-electron chi connectivity index (χ1n) is 11.3. The summed E-state index contributed by atoms with van der Waals surface area (Å²) in [6, 6.07) is 0. The molecule has 0 aromatic heterocycles. The van der Waals surface area contributed by atoms with Crippen LogP contribution in [0.2, 0.25) is 6.32 Å². The Morgan fingerprint density at radius 2 is 0.861 bits per heavy atom. The van der Waals surface area contributed by atoms with E-state index >= 15 is 0 Å². The minimum absolute atomic E-state index is 0.115. The van der Waals surface area contributed by atoms with E-state index in [2.05, 4.69) is 0 Å². The van der Waals surface area contributed by atoms with E-state index in [1.54, 1.807) is 0 Å². The maximum atomic E-state index is 14.7. The van der Waals surface area contributed by atoms with E-state index in [0.717, 1.165) is 19.3 Å². The molecule has 3 rings (SSSR count). The Balaban J connectivity index is 2.14. The first-order chi connectivity index (χ1) is 16.5. The van der Waals surface area contributed by atoms with E-state index in [1.807, 2.05) is 32.6 Å². The van der Waals surface area contributed by atoms with Crippen molar-refractivity contribution in [2.24, 2.45) is 0 Å². The van der Waals surface area contributed by atoms with Crippen LogP contribution in [-0.2, 0) is 0 Å². The van der Waals surface area contributed by atoms with Crippen molar-refractivity contribution in [1.82, 2.24) is 4.90 Å². The van der Waals surface area contributed by atoms with Crippen LogP contribution in [0.15, 0.2) is 0 Å². The van der Waals surface area contributed by atoms with Crippen LogP contribution in [0.3, 0.4) is 0 Å². The van der Waals surface area contributed by atoms with Crippen molar-refractivity contribution >= 4 is 17.6 Å². The third kappa shape index (κ3) is 4.73. The molecule has 0 saturated carbocycles. The average molecular weight is 527 g/mol. The number of piperidine rings is 1. The lowest BCUT2D eigenvalue weighted by Crippen LogP contribution is -2.59. The van der Waals surface area contributed by atoms with Gasteiger partial charge in [0.25, 0.3) is 0 Å². The molecule has 0 aliphatic carbocycles. The summed E-state index contributed by atoms with van der Waals surface area (Å²) in [5.41, 5.74) is -4.03. The summed E-state index contributed by atoms with van der Waals surface area (Å²) in [5, 5.41) is 0. The quantitative estimate of drug-likeness (QED) is 0.190. The van der Waals surface area contributed by atoms with Gasteiger partial charge in [0.2, 0.25) is 6.71 Å². The topological polar surface area (TPSA) is 3.24 Å². The molecule has 2 aromatic rings. The van der Waals surface area contributed by atoms with Gasteiger partial charge in [-0.3, -0.25) is 4.90 Å². The molecule has 1 nitrogen and oxygen atoms in total. The van der Waals surface area contributed by atoms with Crippen molar-refractivity contribution in [3.05, 3.63) is 58.2 Å². The maximum Gasteiger partial charge on any atom is 0.225 e. The molecule has 1 heterocycles. The van der Waals surface area contributed by atoms with Crippen LogP contribution in [0.4, 0.5) is 43.9 Å². The zero-order valence-corrected chi connectivity index (χ0v) is 20.0. The van der Waals surface area contributed by atoms with E-state index in [0.29, 0.717) is 0 Å². The highest BCUT2D eigenvalue weighted by Gasteiger charge is 2.42. The van der Waals surface area contributed by atoms with Crippen LogP contribution >= 0.6 is 0 Å². The molecule has 12 heteroatoms.